The van der Waals surface area contributed by atoms with E-state index in [1.54, 1.807) is 0 Å². The molecule has 4 aliphatic carbocycles. The molecule has 6 heteroatoms. The second kappa shape index (κ2) is 13.7. The molecule has 0 radical (unpaired) electrons. The number of amides is 1. The Hall–Kier alpha value is -0.690. The SMILES string of the molecule is CC(C)CCC[C@H](C(=O)NCCCN(C)CCCN)[C@@H]1CC[C@@]2(C)[C@H]1C[C@@H](O)[C@H]1[C@@]3(C)CC[C@@H](O)[C@@H](C)[C@@H]3CC[C@@]12C. The van der Waals surface area contributed by atoms with E-state index in [-0.39, 0.29) is 46.2 Å². The van der Waals surface area contributed by atoms with E-state index in [9.17, 15) is 15.0 Å². The molecule has 0 saturated heterocycles. The summed E-state index contributed by atoms with van der Waals surface area (Å²) in [4.78, 5) is 16.2. The molecule has 0 unspecified atom stereocenters. The van der Waals surface area contributed by atoms with Gasteiger partial charge in [0.15, 0.2) is 0 Å². The van der Waals surface area contributed by atoms with E-state index in [0.717, 1.165) is 96.8 Å². The molecule has 5 N–H and O–H groups in total. The normalized spacial score (nSPS) is 42.2. The summed E-state index contributed by atoms with van der Waals surface area (Å²) in [7, 11) is 2.14. The Bertz CT molecular complexity index is 898. The molecule has 4 fully saturated rings. The zero-order chi connectivity index (χ0) is 30.9. The lowest BCUT2D eigenvalue weighted by Gasteiger charge is -2.69. The van der Waals surface area contributed by atoms with Gasteiger partial charge in [-0.1, -0.05) is 54.4 Å². The number of nitrogens with two attached hydrogens (primary N) is 1. The number of nitrogens with one attached hydrogen (secondary N) is 1. The zero-order valence-electron chi connectivity index (χ0n) is 28.3. The number of aliphatic hydroxyl groups is 2. The Morgan fingerprint density at radius 1 is 0.929 bits per heavy atom. The van der Waals surface area contributed by atoms with Gasteiger partial charge in [0.1, 0.15) is 0 Å². The van der Waals surface area contributed by atoms with Crippen molar-refractivity contribution in [1.82, 2.24) is 10.2 Å². The maximum absolute atomic E-state index is 13.9. The van der Waals surface area contributed by atoms with Crippen molar-refractivity contribution in [3.05, 3.63) is 0 Å². The van der Waals surface area contributed by atoms with E-state index in [1.165, 1.54) is 6.42 Å². The number of aliphatic hydroxyl groups excluding tert-OH is 2. The molecule has 0 aromatic rings. The molecule has 4 aliphatic rings. The van der Waals surface area contributed by atoms with E-state index in [0.29, 0.717) is 29.6 Å². The quantitative estimate of drug-likeness (QED) is 0.202. The third-order valence-corrected chi connectivity index (χ3v) is 13.9. The minimum Gasteiger partial charge on any atom is -0.393 e. The highest BCUT2D eigenvalue weighted by atomic mass is 16.3. The number of hydrogen-bond acceptors (Lipinski definition) is 5. The van der Waals surface area contributed by atoms with Gasteiger partial charge in [0, 0.05) is 12.5 Å². The number of rotatable bonds is 13. The van der Waals surface area contributed by atoms with Crippen molar-refractivity contribution in [2.45, 2.75) is 131 Å². The molecule has 0 spiro atoms. The fourth-order valence-electron chi connectivity index (χ4n) is 11.4. The van der Waals surface area contributed by atoms with Crippen LogP contribution >= 0.6 is 0 Å². The van der Waals surface area contributed by atoms with E-state index < -0.39 is 0 Å². The molecule has 4 rings (SSSR count). The average Bonchev–Trinajstić information content (AvgIpc) is 3.27. The molecule has 0 aliphatic heterocycles. The predicted octanol–water partition coefficient (Wildman–Crippen LogP) is 5.84. The van der Waals surface area contributed by atoms with Crippen molar-refractivity contribution in [2.75, 3.05) is 33.2 Å². The number of carbonyl (C=O) groups is 1. The summed E-state index contributed by atoms with van der Waals surface area (Å²) in [5.74, 6) is 2.72. The highest BCUT2D eigenvalue weighted by molar-refractivity contribution is 5.79. The fraction of sp³-hybridized carbons (Fsp3) is 0.972. The number of carbonyl (C=O) groups excluding carboxylic acids is 1. The van der Waals surface area contributed by atoms with Gasteiger partial charge in [-0.05, 0) is 143 Å². The summed E-state index contributed by atoms with van der Waals surface area (Å²) in [6.07, 6.45) is 11.9. The molecule has 11 atom stereocenters. The zero-order valence-corrected chi connectivity index (χ0v) is 28.3. The van der Waals surface area contributed by atoms with Crippen LogP contribution in [-0.2, 0) is 4.79 Å². The van der Waals surface area contributed by atoms with E-state index in [4.69, 9.17) is 5.73 Å². The lowest BCUT2D eigenvalue weighted by molar-refractivity contribution is -0.239. The molecule has 244 valence electrons. The van der Waals surface area contributed by atoms with Crippen LogP contribution in [0.3, 0.4) is 0 Å². The van der Waals surface area contributed by atoms with Crippen molar-refractivity contribution in [2.24, 2.45) is 63.4 Å². The van der Waals surface area contributed by atoms with Crippen LogP contribution in [0.15, 0.2) is 0 Å². The average molecular weight is 590 g/mol. The Labute approximate surface area is 258 Å². The summed E-state index contributed by atoms with van der Waals surface area (Å²) in [5.41, 5.74) is 5.94. The first-order valence-corrected chi connectivity index (χ1v) is 17.8. The van der Waals surface area contributed by atoms with Gasteiger partial charge in [0.2, 0.25) is 5.91 Å². The van der Waals surface area contributed by atoms with Crippen molar-refractivity contribution in [3.8, 4) is 0 Å². The highest BCUT2D eigenvalue weighted by Gasteiger charge is 2.70. The lowest BCUT2D eigenvalue weighted by atomic mass is 9.36. The van der Waals surface area contributed by atoms with Crippen LogP contribution in [0.4, 0.5) is 0 Å². The number of hydrogen-bond donors (Lipinski definition) is 4. The molecular formula is C36H67N3O3. The fourth-order valence-corrected chi connectivity index (χ4v) is 11.4. The maximum Gasteiger partial charge on any atom is 0.223 e. The van der Waals surface area contributed by atoms with Gasteiger partial charge in [-0.2, -0.15) is 0 Å². The summed E-state index contributed by atoms with van der Waals surface area (Å²) in [6.45, 7) is 17.8. The Morgan fingerprint density at radius 3 is 2.31 bits per heavy atom. The Morgan fingerprint density at radius 2 is 1.62 bits per heavy atom. The second-order valence-electron chi connectivity index (χ2n) is 16.6. The molecule has 42 heavy (non-hydrogen) atoms. The van der Waals surface area contributed by atoms with Crippen molar-refractivity contribution in [1.29, 1.82) is 0 Å². The summed E-state index contributed by atoms with van der Waals surface area (Å²) in [6, 6.07) is 0. The Kier molecular flexibility index (Phi) is 11.2. The van der Waals surface area contributed by atoms with Gasteiger partial charge in [-0.15, -0.1) is 0 Å². The van der Waals surface area contributed by atoms with Crippen molar-refractivity contribution in [3.63, 3.8) is 0 Å². The second-order valence-corrected chi connectivity index (χ2v) is 16.6. The van der Waals surface area contributed by atoms with Gasteiger partial charge in [-0.25, -0.2) is 0 Å². The number of nitrogens with zero attached hydrogens (tertiary/aromatic N) is 1. The molecule has 1 amide bonds. The molecule has 4 saturated carbocycles. The van der Waals surface area contributed by atoms with Crippen LogP contribution in [-0.4, -0.2) is 66.5 Å². The van der Waals surface area contributed by atoms with E-state index >= 15 is 0 Å². The summed E-state index contributed by atoms with van der Waals surface area (Å²) >= 11 is 0. The van der Waals surface area contributed by atoms with Crippen LogP contribution in [0, 0.1) is 57.7 Å². The van der Waals surface area contributed by atoms with Gasteiger partial charge in [-0.3, -0.25) is 4.79 Å². The first-order chi connectivity index (χ1) is 19.8. The molecule has 0 aromatic heterocycles. The van der Waals surface area contributed by atoms with Crippen LogP contribution in [0.25, 0.3) is 0 Å². The predicted molar refractivity (Wildman–Crippen MR) is 173 cm³/mol. The van der Waals surface area contributed by atoms with Crippen LogP contribution < -0.4 is 11.1 Å². The monoisotopic (exact) mass is 590 g/mol. The van der Waals surface area contributed by atoms with Gasteiger partial charge >= 0.3 is 0 Å². The number of fused-ring (bicyclic) bond motifs is 5. The van der Waals surface area contributed by atoms with Crippen LogP contribution in [0.1, 0.15) is 119 Å². The van der Waals surface area contributed by atoms with E-state index in [1.807, 2.05) is 0 Å². The van der Waals surface area contributed by atoms with E-state index in [2.05, 4.69) is 58.8 Å². The highest BCUT2D eigenvalue weighted by Crippen LogP contribution is 2.74. The summed E-state index contributed by atoms with van der Waals surface area (Å²) < 4.78 is 0. The minimum absolute atomic E-state index is 0.0367. The first-order valence-electron chi connectivity index (χ1n) is 17.8. The van der Waals surface area contributed by atoms with Crippen molar-refractivity contribution >= 4 is 5.91 Å². The van der Waals surface area contributed by atoms with Crippen LogP contribution in [0.2, 0.25) is 0 Å². The summed E-state index contributed by atoms with van der Waals surface area (Å²) in [5, 5.41) is 26.2. The van der Waals surface area contributed by atoms with Crippen LogP contribution in [0.5, 0.6) is 0 Å². The third-order valence-electron chi connectivity index (χ3n) is 13.9. The maximum atomic E-state index is 13.9. The minimum atomic E-state index is -0.327. The Balaban J connectivity index is 1.51. The molecule has 0 heterocycles. The smallest absolute Gasteiger partial charge is 0.223 e. The lowest BCUT2D eigenvalue weighted by Crippen LogP contribution is -2.66. The third kappa shape index (κ3) is 6.35. The molecule has 0 bridgehead atoms. The van der Waals surface area contributed by atoms with Gasteiger partial charge < -0.3 is 26.2 Å². The van der Waals surface area contributed by atoms with Crippen molar-refractivity contribution < 1.29 is 15.0 Å². The van der Waals surface area contributed by atoms with Gasteiger partial charge in [0.05, 0.1) is 12.2 Å². The topological polar surface area (TPSA) is 98.8 Å². The molecule has 6 nitrogen and oxygen atoms in total. The first kappa shape index (κ1) is 34.2. The molecular weight excluding hydrogens is 522 g/mol. The van der Waals surface area contributed by atoms with Gasteiger partial charge in [0.25, 0.3) is 0 Å². The standard InChI is InChI=1S/C36H67N3O3/c1-24(2)11-8-12-27(33(42)38-20-10-22-39(7)21-9-19-37)26-13-17-35(5)29(26)23-31(41)32-34(4)16-15-30(40)25(3)28(34)14-18-36(32,35)6/h24-32,40-41H,8-23,37H2,1-7H3,(H,38,42)/t25-,26-,27-,28-,29-,30+,31+,32-,34-,35-,36-/m0/s1. The molecule has 0 aromatic carbocycles. The largest absolute Gasteiger partial charge is 0.393 e.